The quantitative estimate of drug-likeness (QED) is 0.716. The lowest BCUT2D eigenvalue weighted by molar-refractivity contribution is 0.0709. The lowest BCUT2D eigenvalue weighted by Gasteiger charge is -2.41. The van der Waals surface area contributed by atoms with Crippen LogP contribution in [0.25, 0.3) is 0 Å². The topological polar surface area (TPSA) is 15.3 Å². The van der Waals surface area contributed by atoms with Crippen molar-refractivity contribution in [3.8, 4) is 0 Å². The van der Waals surface area contributed by atoms with Crippen molar-refractivity contribution in [3.63, 3.8) is 0 Å². The van der Waals surface area contributed by atoms with Crippen molar-refractivity contribution in [2.75, 3.05) is 13.1 Å². The van der Waals surface area contributed by atoms with Crippen LogP contribution in [0.3, 0.4) is 0 Å². The van der Waals surface area contributed by atoms with E-state index in [0.29, 0.717) is 0 Å². The van der Waals surface area contributed by atoms with Gasteiger partial charge in [0.15, 0.2) is 0 Å². The second-order valence-electron chi connectivity index (χ2n) is 6.32. The summed E-state index contributed by atoms with van der Waals surface area (Å²) in [5, 5.41) is 3.62. The standard InChI is InChI=1S/C15H30N2/c1-12-6-5-11-17(14(12)3)13(2)7-4-10-16-15-8-9-15/h12-16H,4-11H2,1-3H3. The van der Waals surface area contributed by atoms with E-state index in [2.05, 4.69) is 31.0 Å². The van der Waals surface area contributed by atoms with E-state index in [1.165, 1.54) is 51.6 Å². The summed E-state index contributed by atoms with van der Waals surface area (Å²) >= 11 is 0. The van der Waals surface area contributed by atoms with Crippen molar-refractivity contribution in [1.82, 2.24) is 10.2 Å². The van der Waals surface area contributed by atoms with Crippen LogP contribution in [0.15, 0.2) is 0 Å². The first-order valence-corrected chi connectivity index (χ1v) is 7.67. The molecule has 1 saturated heterocycles. The van der Waals surface area contributed by atoms with Gasteiger partial charge in [-0.25, -0.2) is 0 Å². The summed E-state index contributed by atoms with van der Waals surface area (Å²) in [6.45, 7) is 9.81. The Kier molecular flexibility index (Phi) is 4.87. The molecule has 2 aliphatic rings. The molecular formula is C15H30N2. The molecule has 2 rings (SSSR count). The molecule has 1 aliphatic carbocycles. The predicted molar refractivity (Wildman–Crippen MR) is 74.3 cm³/mol. The molecule has 3 atom stereocenters. The third-order valence-electron chi connectivity index (χ3n) is 4.80. The smallest absolute Gasteiger partial charge is 0.00953 e. The van der Waals surface area contributed by atoms with Gasteiger partial charge in [0.1, 0.15) is 0 Å². The number of rotatable bonds is 6. The summed E-state index contributed by atoms with van der Waals surface area (Å²) in [6.07, 6.45) is 8.35. The molecule has 100 valence electrons. The van der Waals surface area contributed by atoms with E-state index in [1.54, 1.807) is 0 Å². The number of piperidine rings is 1. The van der Waals surface area contributed by atoms with Crippen LogP contribution in [0.1, 0.15) is 59.3 Å². The Morgan fingerprint density at radius 3 is 2.71 bits per heavy atom. The van der Waals surface area contributed by atoms with Gasteiger partial charge >= 0.3 is 0 Å². The summed E-state index contributed by atoms with van der Waals surface area (Å²) < 4.78 is 0. The van der Waals surface area contributed by atoms with Crippen LogP contribution >= 0.6 is 0 Å². The molecule has 2 fully saturated rings. The fourth-order valence-electron chi connectivity index (χ4n) is 3.15. The van der Waals surface area contributed by atoms with E-state index >= 15 is 0 Å². The van der Waals surface area contributed by atoms with Crippen molar-refractivity contribution in [2.45, 2.75) is 77.4 Å². The first kappa shape index (κ1) is 13.4. The minimum atomic E-state index is 0.772. The zero-order chi connectivity index (χ0) is 12.3. The molecule has 1 N–H and O–H groups in total. The Labute approximate surface area is 107 Å². The molecule has 1 saturated carbocycles. The van der Waals surface area contributed by atoms with Gasteiger partial charge in [0.05, 0.1) is 0 Å². The first-order chi connectivity index (χ1) is 8.18. The molecule has 0 spiro atoms. The van der Waals surface area contributed by atoms with Crippen LogP contribution in [0.4, 0.5) is 0 Å². The van der Waals surface area contributed by atoms with Gasteiger partial charge in [-0.1, -0.05) is 6.92 Å². The molecule has 0 radical (unpaired) electrons. The molecule has 3 unspecified atom stereocenters. The van der Waals surface area contributed by atoms with Gasteiger partial charge < -0.3 is 5.32 Å². The summed E-state index contributed by atoms with van der Waals surface area (Å²) in [7, 11) is 0. The van der Waals surface area contributed by atoms with Crippen LogP contribution in [-0.4, -0.2) is 36.1 Å². The van der Waals surface area contributed by atoms with Crippen LogP contribution in [-0.2, 0) is 0 Å². The lowest BCUT2D eigenvalue weighted by Crippen LogP contribution is -2.47. The van der Waals surface area contributed by atoms with Crippen LogP contribution in [0.2, 0.25) is 0 Å². The molecule has 0 bridgehead atoms. The van der Waals surface area contributed by atoms with Gasteiger partial charge in [-0.15, -0.1) is 0 Å². The number of nitrogens with one attached hydrogen (secondary N) is 1. The monoisotopic (exact) mass is 238 g/mol. The van der Waals surface area contributed by atoms with Gasteiger partial charge in [-0.05, 0) is 71.4 Å². The second-order valence-corrected chi connectivity index (χ2v) is 6.32. The van der Waals surface area contributed by atoms with Crippen LogP contribution in [0.5, 0.6) is 0 Å². The predicted octanol–water partition coefficient (Wildman–Crippen LogP) is 3.03. The highest BCUT2D eigenvalue weighted by Crippen LogP contribution is 2.26. The maximum absolute atomic E-state index is 3.62. The molecule has 2 heteroatoms. The molecule has 17 heavy (non-hydrogen) atoms. The number of hydrogen-bond acceptors (Lipinski definition) is 2. The minimum absolute atomic E-state index is 0.772. The highest BCUT2D eigenvalue weighted by atomic mass is 15.2. The fourth-order valence-corrected chi connectivity index (χ4v) is 3.15. The molecule has 0 aromatic rings. The van der Waals surface area contributed by atoms with E-state index in [0.717, 1.165) is 24.0 Å². The van der Waals surface area contributed by atoms with E-state index < -0.39 is 0 Å². The van der Waals surface area contributed by atoms with E-state index in [4.69, 9.17) is 0 Å². The number of likely N-dealkylation sites (tertiary alicyclic amines) is 1. The van der Waals surface area contributed by atoms with Crippen molar-refractivity contribution in [2.24, 2.45) is 5.92 Å². The van der Waals surface area contributed by atoms with Gasteiger partial charge in [0.25, 0.3) is 0 Å². The Hall–Kier alpha value is -0.0800. The normalized spacial score (nSPS) is 32.6. The minimum Gasteiger partial charge on any atom is -0.314 e. The summed E-state index contributed by atoms with van der Waals surface area (Å²) in [6, 6.07) is 2.43. The van der Waals surface area contributed by atoms with Crippen molar-refractivity contribution >= 4 is 0 Å². The molecule has 0 aromatic heterocycles. The zero-order valence-corrected chi connectivity index (χ0v) is 11.9. The van der Waals surface area contributed by atoms with Crippen LogP contribution < -0.4 is 5.32 Å². The van der Waals surface area contributed by atoms with E-state index in [1.807, 2.05) is 0 Å². The fraction of sp³-hybridized carbons (Fsp3) is 1.00. The van der Waals surface area contributed by atoms with Gasteiger partial charge in [0.2, 0.25) is 0 Å². The van der Waals surface area contributed by atoms with Gasteiger partial charge in [-0.3, -0.25) is 4.90 Å². The molecule has 1 heterocycles. The van der Waals surface area contributed by atoms with E-state index in [-0.39, 0.29) is 0 Å². The number of hydrogen-bond donors (Lipinski definition) is 1. The highest BCUT2D eigenvalue weighted by molar-refractivity contribution is 4.83. The Balaban J connectivity index is 1.64. The maximum Gasteiger partial charge on any atom is 0.00953 e. The van der Waals surface area contributed by atoms with E-state index in [9.17, 15) is 0 Å². The third-order valence-corrected chi connectivity index (χ3v) is 4.80. The van der Waals surface area contributed by atoms with Crippen molar-refractivity contribution in [1.29, 1.82) is 0 Å². The molecule has 2 nitrogen and oxygen atoms in total. The average Bonchev–Trinajstić information content (AvgIpc) is 3.12. The maximum atomic E-state index is 3.62. The average molecular weight is 238 g/mol. The zero-order valence-electron chi connectivity index (χ0n) is 11.9. The molecular weight excluding hydrogens is 208 g/mol. The second kappa shape index (κ2) is 6.19. The molecule has 0 aromatic carbocycles. The van der Waals surface area contributed by atoms with Gasteiger partial charge in [0, 0.05) is 18.1 Å². The summed E-state index contributed by atoms with van der Waals surface area (Å²) in [4.78, 5) is 2.74. The Morgan fingerprint density at radius 2 is 2.00 bits per heavy atom. The highest BCUT2D eigenvalue weighted by Gasteiger charge is 2.27. The Bertz CT molecular complexity index is 225. The lowest BCUT2D eigenvalue weighted by atomic mass is 9.90. The van der Waals surface area contributed by atoms with Crippen LogP contribution in [0, 0.1) is 5.92 Å². The summed E-state index contributed by atoms with van der Waals surface area (Å²) in [5.74, 6) is 0.885. The SMILES string of the molecule is CC1CCCN(C(C)CCCNC2CC2)C1C. The Morgan fingerprint density at radius 1 is 1.24 bits per heavy atom. The third kappa shape index (κ3) is 3.96. The van der Waals surface area contributed by atoms with Gasteiger partial charge in [-0.2, -0.15) is 0 Å². The van der Waals surface area contributed by atoms with Crippen molar-refractivity contribution in [3.05, 3.63) is 0 Å². The summed E-state index contributed by atoms with van der Waals surface area (Å²) in [5.41, 5.74) is 0. The molecule has 1 aliphatic heterocycles. The largest absolute Gasteiger partial charge is 0.314 e. The van der Waals surface area contributed by atoms with Crippen molar-refractivity contribution < 1.29 is 0 Å². The first-order valence-electron chi connectivity index (χ1n) is 7.67. The number of nitrogens with zero attached hydrogens (tertiary/aromatic N) is 1. The molecule has 0 amide bonds.